The number of carbonyl (C=O) groups is 1. The van der Waals surface area contributed by atoms with Crippen LogP contribution in [0.3, 0.4) is 0 Å². The number of esters is 1. The van der Waals surface area contributed by atoms with Gasteiger partial charge >= 0.3 is 5.97 Å². The first-order chi connectivity index (χ1) is 14.1. The smallest absolute Gasteiger partial charge is 0.312 e. The zero-order valence-corrected chi connectivity index (χ0v) is 17.3. The fraction of sp³-hybridized carbons (Fsp3) is 0.400. The van der Waals surface area contributed by atoms with E-state index in [1.165, 1.54) is 0 Å². The fourth-order valence-corrected chi connectivity index (χ4v) is 3.82. The number of hydrogen-bond donors (Lipinski definition) is 0. The average Bonchev–Trinajstić information content (AvgIpc) is 2.76. The predicted octanol–water partition coefficient (Wildman–Crippen LogP) is 3.93. The molecule has 0 N–H and O–H groups in total. The van der Waals surface area contributed by atoms with E-state index in [4.69, 9.17) is 9.47 Å². The molecule has 0 aliphatic carbocycles. The summed E-state index contributed by atoms with van der Waals surface area (Å²) in [6.07, 6.45) is 2.22. The zero-order chi connectivity index (χ0) is 20.5. The van der Waals surface area contributed by atoms with Gasteiger partial charge in [-0.2, -0.15) is 0 Å². The van der Waals surface area contributed by atoms with E-state index in [0.717, 1.165) is 42.8 Å². The molecule has 1 heterocycles. The molecule has 3 rings (SSSR count). The Morgan fingerprint density at radius 1 is 1.10 bits per heavy atom. The topological polar surface area (TPSA) is 38.8 Å². The van der Waals surface area contributed by atoms with E-state index in [0.29, 0.717) is 19.6 Å². The first kappa shape index (κ1) is 21.0. The van der Waals surface area contributed by atoms with Gasteiger partial charge in [-0.1, -0.05) is 42.2 Å². The lowest BCUT2D eigenvalue weighted by atomic mass is 9.73. The molecule has 0 unspecified atom stereocenters. The Hall–Kier alpha value is -2.77. The average molecular weight is 392 g/mol. The number of piperidine rings is 1. The van der Waals surface area contributed by atoms with Crippen LogP contribution in [-0.2, 0) is 16.0 Å². The summed E-state index contributed by atoms with van der Waals surface area (Å²) < 4.78 is 10.8. The van der Waals surface area contributed by atoms with Crippen molar-refractivity contribution < 1.29 is 14.3 Å². The molecule has 0 bridgehead atoms. The van der Waals surface area contributed by atoms with Crippen molar-refractivity contribution in [2.75, 3.05) is 33.4 Å². The van der Waals surface area contributed by atoms with Gasteiger partial charge in [-0.25, -0.2) is 0 Å². The molecule has 0 saturated carbocycles. The van der Waals surface area contributed by atoms with Gasteiger partial charge in [-0.05, 0) is 56.0 Å². The maximum atomic E-state index is 12.9. The number of nitrogens with zero attached hydrogens (tertiary/aromatic N) is 1. The summed E-state index contributed by atoms with van der Waals surface area (Å²) in [6, 6.07) is 18.0. The monoisotopic (exact) mass is 391 g/mol. The number of carbonyl (C=O) groups excluding carboxylic acids is 1. The van der Waals surface area contributed by atoms with E-state index in [1.54, 1.807) is 7.11 Å². The molecule has 1 aliphatic rings. The van der Waals surface area contributed by atoms with Crippen molar-refractivity contribution in [2.24, 2.45) is 5.41 Å². The molecule has 4 heteroatoms. The minimum absolute atomic E-state index is 0.0853. The second kappa shape index (κ2) is 10.1. The normalized spacial score (nSPS) is 15.8. The molecule has 1 aliphatic heterocycles. The molecule has 0 radical (unpaired) electrons. The summed E-state index contributed by atoms with van der Waals surface area (Å²) >= 11 is 0. The van der Waals surface area contributed by atoms with Crippen LogP contribution < -0.4 is 4.74 Å². The number of ether oxygens (including phenoxy) is 2. The standard InChI is InChI=1S/C25H29NO3/c1-3-29-24(27)25(20-22-11-7-13-23(19-22)28-2)14-17-26(18-15-25)16-8-12-21-9-5-4-6-10-21/h4-7,9-11,13,19H,3,14-18,20H2,1-2H3. The Balaban J connectivity index is 1.66. The summed E-state index contributed by atoms with van der Waals surface area (Å²) in [7, 11) is 1.66. The van der Waals surface area contributed by atoms with Crippen LogP contribution in [-0.4, -0.2) is 44.2 Å². The van der Waals surface area contributed by atoms with Gasteiger partial charge < -0.3 is 9.47 Å². The van der Waals surface area contributed by atoms with Gasteiger partial charge in [0.05, 0.1) is 25.7 Å². The van der Waals surface area contributed by atoms with E-state index >= 15 is 0 Å². The van der Waals surface area contributed by atoms with Gasteiger partial charge in [0, 0.05) is 18.7 Å². The molecule has 2 aromatic carbocycles. The summed E-state index contributed by atoms with van der Waals surface area (Å²) in [5.41, 5.74) is 1.66. The van der Waals surface area contributed by atoms with Crippen molar-refractivity contribution in [2.45, 2.75) is 26.2 Å². The molecule has 1 fully saturated rings. The maximum Gasteiger partial charge on any atom is 0.312 e. The molecule has 0 spiro atoms. The Bertz CT molecular complexity index is 858. The molecular formula is C25H29NO3. The molecule has 29 heavy (non-hydrogen) atoms. The molecule has 152 valence electrons. The second-order valence-corrected chi connectivity index (χ2v) is 7.47. The van der Waals surface area contributed by atoms with Crippen molar-refractivity contribution >= 4 is 5.97 Å². The van der Waals surface area contributed by atoms with Crippen LogP contribution in [0, 0.1) is 17.3 Å². The SMILES string of the molecule is CCOC(=O)C1(Cc2cccc(OC)c2)CCN(CC#Cc2ccccc2)CC1. The summed E-state index contributed by atoms with van der Waals surface area (Å²) in [6.45, 7) is 4.67. The van der Waals surface area contributed by atoms with Crippen LogP contribution in [0.1, 0.15) is 30.9 Å². The van der Waals surface area contributed by atoms with E-state index in [-0.39, 0.29) is 5.97 Å². The quantitative estimate of drug-likeness (QED) is 0.552. The lowest BCUT2D eigenvalue weighted by Gasteiger charge is -2.39. The second-order valence-electron chi connectivity index (χ2n) is 7.47. The molecular weight excluding hydrogens is 362 g/mol. The highest BCUT2D eigenvalue weighted by molar-refractivity contribution is 5.77. The molecule has 0 amide bonds. The predicted molar refractivity (Wildman–Crippen MR) is 115 cm³/mol. The van der Waals surface area contributed by atoms with Crippen molar-refractivity contribution in [3.63, 3.8) is 0 Å². The van der Waals surface area contributed by atoms with Crippen LogP contribution in [0.15, 0.2) is 54.6 Å². The van der Waals surface area contributed by atoms with Crippen LogP contribution in [0.5, 0.6) is 5.75 Å². The van der Waals surface area contributed by atoms with E-state index in [1.807, 2.05) is 55.5 Å². The number of benzene rings is 2. The fourth-order valence-electron chi connectivity index (χ4n) is 3.82. The van der Waals surface area contributed by atoms with Crippen LogP contribution in [0.2, 0.25) is 0 Å². The lowest BCUT2D eigenvalue weighted by Crippen LogP contribution is -2.46. The third-order valence-corrected chi connectivity index (χ3v) is 5.51. The lowest BCUT2D eigenvalue weighted by molar-refractivity contribution is -0.158. The molecule has 2 aromatic rings. The van der Waals surface area contributed by atoms with Crippen molar-refractivity contribution in [3.8, 4) is 17.6 Å². The van der Waals surface area contributed by atoms with Gasteiger partial charge in [0.2, 0.25) is 0 Å². The van der Waals surface area contributed by atoms with Gasteiger partial charge in [0.1, 0.15) is 5.75 Å². The zero-order valence-electron chi connectivity index (χ0n) is 17.3. The third-order valence-electron chi connectivity index (χ3n) is 5.51. The first-order valence-electron chi connectivity index (χ1n) is 10.2. The van der Waals surface area contributed by atoms with Crippen molar-refractivity contribution in [1.82, 2.24) is 4.90 Å². The van der Waals surface area contributed by atoms with Gasteiger partial charge in [-0.3, -0.25) is 9.69 Å². The molecule has 0 aromatic heterocycles. The minimum atomic E-state index is -0.480. The van der Waals surface area contributed by atoms with Crippen LogP contribution >= 0.6 is 0 Å². The largest absolute Gasteiger partial charge is 0.497 e. The van der Waals surface area contributed by atoms with E-state index in [2.05, 4.69) is 22.8 Å². The third kappa shape index (κ3) is 5.62. The first-order valence-corrected chi connectivity index (χ1v) is 10.2. The Morgan fingerprint density at radius 3 is 2.55 bits per heavy atom. The van der Waals surface area contributed by atoms with Crippen molar-refractivity contribution in [3.05, 3.63) is 65.7 Å². The number of likely N-dealkylation sites (tertiary alicyclic amines) is 1. The number of methoxy groups -OCH3 is 1. The van der Waals surface area contributed by atoms with Gasteiger partial charge in [-0.15, -0.1) is 0 Å². The van der Waals surface area contributed by atoms with E-state index < -0.39 is 5.41 Å². The van der Waals surface area contributed by atoms with Gasteiger partial charge in [0.25, 0.3) is 0 Å². The molecule has 1 saturated heterocycles. The van der Waals surface area contributed by atoms with Gasteiger partial charge in [0.15, 0.2) is 0 Å². The summed E-state index contributed by atoms with van der Waals surface area (Å²) in [4.78, 5) is 15.2. The Kier molecular flexibility index (Phi) is 7.32. The highest BCUT2D eigenvalue weighted by Crippen LogP contribution is 2.37. The van der Waals surface area contributed by atoms with Crippen LogP contribution in [0.25, 0.3) is 0 Å². The minimum Gasteiger partial charge on any atom is -0.497 e. The van der Waals surface area contributed by atoms with E-state index in [9.17, 15) is 4.79 Å². The molecule has 0 atom stereocenters. The Morgan fingerprint density at radius 2 is 1.86 bits per heavy atom. The Labute approximate surface area is 173 Å². The highest BCUT2D eigenvalue weighted by Gasteiger charge is 2.42. The number of hydrogen-bond acceptors (Lipinski definition) is 4. The van der Waals surface area contributed by atoms with Crippen molar-refractivity contribution in [1.29, 1.82) is 0 Å². The summed E-state index contributed by atoms with van der Waals surface area (Å²) in [5.74, 6) is 7.20. The molecule has 4 nitrogen and oxygen atoms in total. The summed E-state index contributed by atoms with van der Waals surface area (Å²) in [5, 5.41) is 0. The highest BCUT2D eigenvalue weighted by atomic mass is 16.5. The number of rotatable bonds is 6. The van der Waals surface area contributed by atoms with Crippen LogP contribution in [0.4, 0.5) is 0 Å². The maximum absolute atomic E-state index is 12.9.